The number of hydrogen-bond acceptors (Lipinski definition) is 3. The number of hydrogen-bond donors (Lipinski definition) is 1. The first-order chi connectivity index (χ1) is 10.1. The van der Waals surface area contributed by atoms with Gasteiger partial charge >= 0.3 is 0 Å². The fourth-order valence-corrected chi connectivity index (χ4v) is 3.30. The summed E-state index contributed by atoms with van der Waals surface area (Å²) in [6.07, 6.45) is 0. The van der Waals surface area contributed by atoms with Crippen LogP contribution in [0.15, 0.2) is 53.9 Å². The summed E-state index contributed by atoms with van der Waals surface area (Å²) in [5.41, 5.74) is 12.1. The van der Waals surface area contributed by atoms with Gasteiger partial charge in [-0.2, -0.15) is 0 Å². The maximum absolute atomic E-state index is 6.32. The molecule has 0 aliphatic carbocycles. The van der Waals surface area contributed by atoms with Crippen LogP contribution >= 0.6 is 11.3 Å². The molecule has 21 heavy (non-hydrogen) atoms. The molecular weight excluding hydrogens is 276 g/mol. The summed E-state index contributed by atoms with van der Waals surface area (Å²) >= 11 is 1.62. The fraction of sp³-hybridized carbons (Fsp3) is 0.167. The van der Waals surface area contributed by atoms with Crippen LogP contribution in [0.3, 0.4) is 0 Å². The largest absolute Gasteiger partial charge is 0.318 e. The highest BCUT2D eigenvalue weighted by Gasteiger charge is 2.14. The highest BCUT2D eigenvalue weighted by Crippen LogP contribution is 2.29. The van der Waals surface area contributed by atoms with Crippen LogP contribution in [0.2, 0.25) is 0 Å². The molecule has 0 radical (unpaired) electrons. The lowest BCUT2D eigenvalue weighted by Crippen LogP contribution is -2.11. The third-order valence-electron chi connectivity index (χ3n) is 3.60. The lowest BCUT2D eigenvalue weighted by Gasteiger charge is -2.08. The minimum Gasteiger partial charge on any atom is -0.318 e. The Labute approximate surface area is 129 Å². The minimum absolute atomic E-state index is 0.157. The number of nitrogens with zero attached hydrogens (tertiary/aromatic N) is 1. The van der Waals surface area contributed by atoms with Crippen molar-refractivity contribution >= 4 is 11.3 Å². The van der Waals surface area contributed by atoms with Crippen molar-refractivity contribution in [1.29, 1.82) is 0 Å². The number of benzene rings is 2. The van der Waals surface area contributed by atoms with E-state index in [1.54, 1.807) is 11.3 Å². The van der Waals surface area contributed by atoms with E-state index in [1.807, 2.05) is 30.3 Å². The molecule has 0 aliphatic heterocycles. The first kappa shape index (κ1) is 14.0. The Balaban J connectivity index is 1.93. The molecule has 1 heterocycles. The summed E-state index contributed by atoms with van der Waals surface area (Å²) in [6, 6.07) is 16.4. The van der Waals surface area contributed by atoms with Crippen LogP contribution < -0.4 is 5.73 Å². The molecule has 3 heteroatoms. The highest BCUT2D eigenvalue weighted by molar-refractivity contribution is 7.10. The summed E-state index contributed by atoms with van der Waals surface area (Å²) in [6.45, 7) is 4.23. The van der Waals surface area contributed by atoms with E-state index in [2.05, 4.69) is 37.4 Å². The van der Waals surface area contributed by atoms with Crippen LogP contribution in [0.4, 0.5) is 0 Å². The van der Waals surface area contributed by atoms with Gasteiger partial charge in [0.25, 0.3) is 0 Å². The molecule has 2 nitrogen and oxygen atoms in total. The molecule has 0 amide bonds. The number of rotatable bonds is 3. The van der Waals surface area contributed by atoms with Gasteiger partial charge in [-0.25, -0.2) is 4.98 Å². The van der Waals surface area contributed by atoms with E-state index in [4.69, 9.17) is 10.7 Å². The summed E-state index contributed by atoms with van der Waals surface area (Å²) in [7, 11) is 0. The first-order valence-electron chi connectivity index (χ1n) is 6.99. The minimum atomic E-state index is -0.157. The van der Waals surface area contributed by atoms with Gasteiger partial charge in [0.05, 0.1) is 11.7 Å². The predicted molar refractivity (Wildman–Crippen MR) is 89.5 cm³/mol. The third-order valence-corrected chi connectivity index (χ3v) is 4.53. The second-order valence-electron chi connectivity index (χ2n) is 5.28. The van der Waals surface area contributed by atoms with Gasteiger partial charge in [-0.15, -0.1) is 11.3 Å². The Morgan fingerprint density at radius 3 is 2.52 bits per heavy atom. The van der Waals surface area contributed by atoms with Gasteiger partial charge < -0.3 is 5.73 Å². The van der Waals surface area contributed by atoms with Crippen molar-refractivity contribution in [1.82, 2.24) is 4.98 Å². The molecule has 2 N–H and O–H groups in total. The van der Waals surface area contributed by atoms with Gasteiger partial charge in [0.15, 0.2) is 0 Å². The standard InChI is InChI=1S/C18H18N2S/c1-12-8-9-15(13(2)10-12)16-11-21-18(20-16)17(19)14-6-4-3-5-7-14/h3-11,17H,19H2,1-2H3. The number of aryl methyl sites for hydroxylation is 2. The summed E-state index contributed by atoms with van der Waals surface area (Å²) in [5.74, 6) is 0. The molecule has 3 rings (SSSR count). The molecule has 0 spiro atoms. The Morgan fingerprint density at radius 1 is 1.05 bits per heavy atom. The number of nitrogens with two attached hydrogens (primary N) is 1. The summed E-state index contributed by atoms with van der Waals surface area (Å²) in [5, 5.41) is 3.05. The monoisotopic (exact) mass is 294 g/mol. The Morgan fingerprint density at radius 2 is 1.81 bits per heavy atom. The van der Waals surface area contributed by atoms with Gasteiger partial charge in [-0.1, -0.05) is 54.1 Å². The molecule has 3 aromatic rings. The van der Waals surface area contributed by atoms with Crippen molar-refractivity contribution in [3.63, 3.8) is 0 Å². The van der Waals surface area contributed by atoms with Gasteiger partial charge in [0, 0.05) is 10.9 Å². The maximum Gasteiger partial charge on any atom is 0.115 e. The fourth-order valence-electron chi connectivity index (χ4n) is 2.46. The van der Waals surface area contributed by atoms with Gasteiger partial charge in [0.1, 0.15) is 5.01 Å². The molecule has 0 bridgehead atoms. The average Bonchev–Trinajstić information content (AvgIpc) is 2.97. The predicted octanol–water partition coefficient (Wildman–Crippen LogP) is 4.48. The molecule has 1 atom stereocenters. The third kappa shape index (κ3) is 2.89. The zero-order chi connectivity index (χ0) is 14.8. The van der Waals surface area contributed by atoms with Crippen molar-refractivity contribution in [3.8, 4) is 11.3 Å². The van der Waals surface area contributed by atoms with Crippen molar-refractivity contribution in [2.75, 3.05) is 0 Å². The summed E-state index contributed by atoms with van der Waals surface area (Å²) in [4.78, 5) is 4.74. The van der Waals surface area contributed by atoms with E-state index in [-0.39, 0.29) is 6.04 Å². The molecule has 2 aromatic carbocycles. The Hall–Kier alpha value is -1.97. The molecule has 1 unspecified atom stereocenters. The van der Waals surface area contributed by atoms with E-state index in [1.165, 1.54) is 16.7 Å². The van der Waals surface area contributed by atoms with Crippen LogP contribution in [-0.4, -0.2) is 4.98 Å². The molecule has 0 saturated heterocycles. The zero-order valence-electron chi connectivity index (χ0n) is 12.2. The SMILES string of the molecule is Cc1ccc(-c2csc(C(N)c3ccccc3)n2)c(C)c1. The molecule has 0 fully saturated rings. The van der Waals surface area contributed by atoms with E-state index >= 15 is 0 Å². The van der Waals surface area contributed by atoms with Crippen LogP contribution in [0.1, 0.15) is 27.7 Å². The van der Waals surface area contributed by atoms with Gasteiger partial charge in [-0.3, -0.25) is 0 Å². The van der Waals surface area contributed by atoms with Crippen molar-refractivity contribution in [3.05, 3.63) is 75.6 Å². The smallest absolute Gasteiger partial charge is 0.115 e. The van der Waals surface area contributed by atoms with Crippen molar-refractivity contribution in [2.24, 2.45) is 5.73 Å². The molecule has 1 aromatic heterocycles. The first-order valence-corrected chi connectivity index (χ1v) is 7.86. The zero-order valence-corrected chi connectivity index (χ0v) is 13.0. The Bertz CT molecular complexity index is 747. The lowest BCUT2D eigenvalue weighted by atomic mass is 10.0. The van der Waals surface area contributed by atoms with E-state index in [9.17, 15) is 0 Å². The van der Waals surface area contributed by atoms with Crippen molar-refractivity contribution in [2.45, 2.75) is 19.9 Å². The molecule has 0 saturated carbocycles. The average molecular weight is 294 g/mol. The Kier molecular flexibility index (Phi) is 3.86. The quantitative estimate of drug-likeness (QED) is 0.773. The molecular formula is C18H18N2S. The number of thiazole rings is 1. The topological polar surface area (TPSA) is 38.9 Å². The molecule has 106 valence electrons. The lowest BCUT2D eigenvalue weighted by molar-refractivity contribution is 0.859. The molecule has 0 aliphatic rings. The highest BCUT2D eigenvalue weighted by atomic mass is 32.1. The van der Waals surface area contributed by atoms with Crippen LogP contribution in [0.5, 0.6) is 0 Å². The van der Waals surface area contributed by atoms with Gasteiger partial charge in [-0.05, 0) is 25.0 Å². The van der Waals surface area contributed by atoms with E-state index in [0.717, 1.165) is 16.3 Å². The van der Waals surface area contributed by atoms with Crippen LogP contribution in [0.25, 0.3) is 11.3 Å². The van der Waals surface area contributed by atoms with E-state index in [0.29, 0.717) is 0 Å². The van der Waals surface area contributed by atoms with Gasteiger partial charge in [0.2, 0.25) is 0 Å². The number of aromatic nitrogens is 1. The van der Waals surface area contributed by atoms with Crippen LogP contribution in [-0.2, 0) is 0 Å². The second-order valence-corrected chi connectivity index (χ2v) is 6.17. The van der Waals surface area contributed by atoms with E-state index < -0.39 is 0 Å². The maximum atomic E-state index is 6.32. The normalized spacial score (nSPS) is 12.3. The summed E-state index contributed by atoms with van der Waals surface area (Å²) < 4.78 is 0. The second kappa shape index (κ2) is 5.80. The van der Waals surface area contributed by atoms with Crippen LogP contribution in [0, 0.1) is 13.8 Å². The van der Waals surface area contributed by atoms with Crippen molar-refractivity contribution < 1.29 is 0 Å².